The smallest absolute Gasteiger partial charge is 0.251 e. The molecular formula is C17H21NO3. The molecule has 2 saturated heterocycles. The SMILES string of the molecule is O=C(c1ccccc1)C1CCN(C(=O)C2CCCO2)CC1. The van der Waals surface area contributed by atoms with Crippen molar-refractivity contribution in [2.24, 2.45) is 5.92 Å². The van der Waals surface area contributed by atoms with E-state index in [1.807, 2.05) is 35.2 Å². The van der Waals surface area contributed by atoms with E-state index in [4.69, 9.17) is 4.74 Å². The molecule has 2 aliphatic heterocycles. The van der Waals surface area contributed by atoms with E-state index in [0.717, 1.165) is 31.2 Å². The molecule has 1 aromatic carbocycles. The lowest BCUT2D eigenvalue weighted by molar-refractivity contribution is -0.142. The molecule has 0 saturated carbocycles. The third-order valence-corrected chi connectivity index (χ3v) is 4.44. The summed E-state index contributed by atoms with van der Waals surface area (Å²) in [6.07, 6.45) is 3.07. The molecule has 21 heavy (non-hydrogen) atoms. The van der Waals surface area contributed by atoms with E-state index in [1.54, 1.807) is 0 Å². The summed E-state index contributed by atoms with van der Waals surface area (Å²) in [5.74, 6) is 0.360. The Balaban J connectivity index is 1.55. The molecule has 1 atom stereocenters. The Labute approximate surface area is 125 Å². The standard InChI is InChI=1S/C17H21NO3/c19-16(13-5-2-1-3-6-13)14-8-10-18(11-9-14)17(20)15-7-4-12-21-15/h1-3,5-6,14-15H,4,7-12H2. The number of rotatable bonds is 3. The molecule has 112 valence electrons. The summed E-state index contributed by atoms with van der Waals surface area (Å²) in [6, 6.07) is 9.44. The van der Waals surface area contributed by atoms with E-state index in [0.29, 0.717) is 19.7 Å². The quantitative estimate of drug-likeness (QED) is 0.801. The molecule has 1 unspecified atom stereocenters. The van der Waals surface area contributed by atoms with Crippen LogP contribution in [0, 0.1) is 5.92 Å². The van der Waals surface area contributed by atoms with Gasteiger partial charge in [0.1, 0.15) is 6.10 Å². The molecule has 4 heteroatoms. The van der Waals surface area contributed by atoms with Gasteiger partial charge in [0, 0.05) is 31.2 Å². The highest BCUT2D eigenvalue weighted by Crippen LogP contribution is 2.24. The Morgan fingerprint density at radius 2 is 1.76 bits per heavy atom. The Kier molecular flexibility index (Phi) is 4.34. The zero-order chi connectivity index (χ0) is 14.7. The third-order valence-electron chi connectivity index (χ3n) is 4.44. The summed E-state index contributed by atoms with van der Waals surface area (Å²) in [4.78, 5) is 26.5. The Bertz CT molecular complexity index is 500. The number of piperidine rings is 1. The fourth-order valence-corrected chi connectivity index (χ4v) is 3.18. The number of carbonyl (C=O) groups excluding carboxylic acids is 2. The molecular weight excluding hydrogens is 266 g/mol. The normalized spacial score (nSPS) is 23.2. The van der Waals surface area contributed by atoms with Gasteiger partial charge in [0.25, 0.3) is 5.91 Å². The van der Waals surface area contributed by atoms with Gasteiger partial charge in [-0.1, -0.05) is 30.3 Å². The predicted molar refractivity (Wildman–Crippen MR) is 79.1 cm³/mol. The lowest BCUT2D eigenvalue weighted by Gasteiger charge is -2.32. The molecule has 1 amide bonds. The number of carbonyl (C=O) groups is 2. The van der Waals surface area contributed by atoms with Crippen molar-refractivity contribution in [3.05, 3.63) is 35.9 Å². The van der Waals surface area contributed by atoms with Gasteiger partial charge in [-0.25, -0.2) is 0 Å². The van der Waals surface area contributed by atoms with Crippen LogP contribution in [0.25, 0.3) is 0 Å². The Morgan fingerprint density at radius 1 is 1.05 bits per heavy atom. The minimum atomic E-state index is -0.244. The summed E-state index contributed by atoms with van der Waals surface area (Å²) < 4.78 is 5.45. The number of hydrogen-bond acceptors (Lipinski definition) is 3. The van der Waals surface area contributed by atoms with E-state index in [-0.39, 0.29) is 23.7 Å². The summed E-state index contributed by atoms with van der Waals surface area (Å²) in [5, 5.41) is 0. The molecule has 3 rings (SSSR count). The predicted octanol–water partition coefficient (Wildman–Crippen LogP) is 2.29. The number of likely N-dealkylation sites (tertiary alicyclic amines) is 1. The maximum Gasteiger partial charge on any atom is 0.251 e. The van der Waals surface area contributed by atoms with Crippen LogP contribution < -0.4 is 0 Å². The zero-order valence-electron chi connectivity index (χ0n) is 12.2. The fourth-order valence-electron chi connectivity index (χ4n) is 3.18. The van der Waals surface area contributed by atoms with Crippen molar-refractivity contribution in [3.63, 3.8) is 0 Å². The third kappa shape index (κ3) is 3.16. The molecule has 2 aliphatic rings. The molecule has 0 bridgehead atoms. The first kappa shape index (κ1) is 14.3. The minimum absolute atomic E-state index is 0.0425. The second-order valence-corrected chi connectivity index (χ2v) is 5.83. The van der Waals surface area contributed by atoms with Crippen LogP contribution in [-0.2, 0) is 9.53 Å². The number of nitrogens with zero attached hydrogens (tertiary/aromatic N) is 1. The molecule has 2 fully saturated rings. The second-order valence-electron chi connectivity index (χ2n) is 5.83. The van der Waals surface area contributed by atoms with E-state index in [9.17, 15) is 9.59 Å². The lowest BCUT2D eigenvalue weighted by atomic mass is 9.88. The average Bonchev–Trinajstić information content (AvgIpc) is 3.09. The maximum absolute atomic E-state index is 12.4. The monoisotopic (exact) mass is 287 g/mol. The van der Waals surface area contributed by atoms with Gasteiger partial charge in [0.15, 0.2) is 5.78 Å². The van der Waals surface area contributed by atoms with Crippen LogP contribution in [0.4, 0.5) is 0 Å². The van der Waals surface area contributed by atoms with Crippen LogP contribution in [0.3, 0.4) is 0 Å². The van der Waals surface area contributed by atoms with Crippen molar-refractivity contribution in [1.82, 2.24) is 4.90 Å². The van der Waals surface area contributed by atoms with Gasteiger partial charge in [-0.2, -0.15) is 0 Å². The van der Waals surface area contributed by atoms with Gasteiger partial charge >= 0.3 is 0 Å². The lowest BCUT2D eigenvalue weighted by Crippen LogP contribution is -2.44. The molecule has 0 radical (unpaired) electrons. The van der Waals surface area contributed by atoms with Crippen molar-refractivity contribution in [3.8, 4) is 0 Å². The largest absolute Gasteiger partial charge is 0.368 e. The van der Waals surface area contributed by atoms with Crippen molar-refractivity contribution >= 4 is 11.7 Å². The first-order valence-corrected chi connectivity index (χ1v) is 7.75. The van der Waals surface area contributed by atoms with Crippen LogP contribution in [-0.4, -0.2) is 42.4 Å². The van der Waals surface area contributed by atoms with Crippen molar-refractivity contribution in [2.75, 3.05) is 19.7 Å². The Hall–Kier alpha value is -1.68. The van der Waals surface area contributed by atoms with Crippen LogP contribution in [0.5, 0.6) is 0 Å². The highest BCUT2D eigenvalue weighted by atomic mass is 16.5. The topological polar surface area (TPSA) is 46.6 Å². The van der Waals surface area contributed by atoms with Gasteiger partial charge in [0.05, 0.1) is 0 Å². The van der Waals surface area contributed by atoms with Gasteiger partial charge in [-0.05, 0) is 25.7 Å². The first-order chi connectivity index (χ1) is 10.3. The minimum Gasteiger partial charge on any atom is -0.368 e. The summed E-state index contributed by atoms with van der Waals surface area (Å²) in [7, 11) is 0. The zero-order valence-corrected chi connectivity index (χ0v) is 12.2. The number of Topliss-reactive ketones (excluding diaryl/α,β-unsaturated/α-hetero) is 1. The number of ether oxygens (including phenoxy) is 1. The van der Waals surface area contributed by atoms with Crippen molar-refractivity contribution in [1.29, 1.82) is 0 Å². The second kappa shape index (κ2) is 6.39. The van der Waals surface area contributed by atoms with E-state index in [1.165, 1.54) is 0 Å². The molecule has 0 aromatic heterocycles. The van der Waals surface area contributed by atoms with E-state index < -0.39 is 0 Å². The number of ketones is 1. The Morgan fingerprint density at radius 3 is 2.38 bits per heavy atom. The first-order valence-electron chi connectivity index (χ1n) is 7.75. The van der Waals surface area contributed by atoms with Gasteiger partial charge < -0.3 is 9.64 Å². The molecule has 0 aliphatic carbocycles. The van der Waals surface area contributed by atoms with Crippen LogP contribution >= 0.6 is 0 Å². The highest BCUT2D eigenvalue weighted by molar-refractivity contribution is 5.98. The van der Waals surface area contributed by atoms with Gasteiger partial charge in [-0.3, -0.25) is 9.59 Å². The number of amides is 1. The molecule has 0 spiro atoms. The van der Waals surface area contributed by atoms with Gasteiger partial charge in [0.2, 0.25) is 0 Å². The molecule has 2 heterocycles. The summed E-state index contributed by atoms with van der Waals surface area (Å²) >= 11 is 0. The fraction of sp³-hybridized carbons (Fsp3) is 0.529. The molecule has 4 nitrogen and oxygen atoms in total. The maximum atomic E-state index is 12.4. The van der Waals surface area contributed by atoms with Crippen LogP contribution in [0.15, 0.2) is 30.3 Å². The van der Waals surface area contributed by atoms with E-state index in [2.05, 4.69) is 0 Å². The number of hydrogen-bond donors (Lipinski definition) is 0. The van der Waals surface area contributed by atoms with Gasteiger partial charge in [-0.15, -0.1) is 0 Å². The molecule has 0 N–H and O–H groups in total. The van der Waals surface area contributed by atoms with Crippen molar-refractivity contribution < 1.29 is 14.3 Å². The van der Waals surface area contributed by atoms with Crippen LogP contribution in [0.2, 0.25) is 0 Å². The van der Waals surface area contributed by atoms with Crippen LogP contribution in [0.1, 0.15) is 36.0 Å². The number of benzene rings is 1. The molecule has 1 aromatic rings. The summed E-state index contributed by atoms with van der Waals surface area (Å²) in [6.45, 7) is 2.03. The van der Waals surface area contributed by atoms with Crippen molar-refractivity contribution in [2.45, 2.75) is 31.8 Å². The summed E-state index contributed by atoms with van der Waals surface area (Å²) in [5.41, 5.74) is 0.779. The highest BCUT2D eigenvalue weighted by Gasteiger charge is 2.32. The van der Waals surface area contributed by atoms with E-state index >= 15 is 0 Å². The average molecular weight is 287 g/mol.